The zero-order chi connectivity index (χ0) is 12.6. The van der Waals surface area contributed by atoms with Crippen LogP contribution in [0.15, 0.2) is 48.0 Å². The molecule has 0 heterocycles. The van der Waals surface area contributed by atoms with Crippen LogP contribution < -0.4 is 0 Å². The zero-order valence-electron chi connectivity index (χ0n) is 9.15. The highest BCUT2D eigenvalue weighted by molar-refractivity contribution is 9.10. The molecule has 0 aliphatic heterocycles. The highest BCUT2D eigenvalue weighted by Crippen LogP contribution is 2.33. The van der Waals surface area contributed by atoms with Crippen LogP contribution in [0.3, 0.4) is 0 Å². The van der Waals surface area contributed by atoms with Crippen LogP contribution in [0.1, 0.15) is 20.7 Å². The van der Waals surface area contributed by atoms with Crippen molar-refractivity contribution in [3.63, 3.8) is 0 Å². The first-order chi connectivity index (χ1) is 8.10. The van der Waals surface area contributed by atoms with E-state index in [1.807, 2.05) is 0 Å². The van der Waals surface area contributed by atoms with Crippen LogP contribution in [0.25, 0.3) is 0 Å². The minimum absolute atomic E-state index is 0.0630. The molecule has 0 amide bonds. The molecule has 0 aromatic heterocycles. The zero-order valence-corrected chi connectivity index (χ0v) is 10.7. The first kappa shape index (κ1) is 12.0. The fraction of sp³-hybridized carbons (Fsp3) is 0.143. The number of allylic oxidation sites excluding steroid dienone is 2. The lowest BCUT2D eigenvalue weighted by atomic mass is 9.74. The molecule has 0 radical (unpaired) electrons. The summed E-state index contributed by atoms with van der Waals surface area (Å²) in [5.41, 5.74) is 0.938. The molecule has 17 heavy (non-hydrogen) atoms. The van der Waals surface area contributed by atoms with Crippen molar-refractivity contribution in [1.29, 1.82) is 0 Å². The minimum Gasteiger partial charge on any atom is -0.293 e. The molecular weight excluding hydrogens is 280 g/mol. The summed E-state index contributed by atoms with van der Waals surface area (Å²) in [5, 5.41) is 0. The summed E-state index contributed by atoms with van der Waals surface area (Å²) in [5.74, 6) is -1.12. The number of fused-ring (bicyclic) bond motifs is 1. The van der Waals surface area contributed by atoms with Crippen LogP contribution in [0.2, 0.25) is 0 Å². The topological polar surface area (TPSA) is 34.1 Å². The Labute approximate surface area is 108 Å². The van der Waals surface area contributed by atoms with Gasteiger partial charge in [-0.25, -0.2) is 0 Å². The summed E-state index contributed by atoms with van der Waals surface area (Å²) in [4.78, 5) is 24.4. The van der Waals surface area contributed by atoms with Crippen LogP contribution >= 0.6 is 15.9 Å². The molecule has 0 N–H and O–H groups in total. The number of carbonyl (C=O) groups excluding carboxylic acids is 2. The van der Waals surface area contributed by atoms with Crippen LogP contribution in [-0.2, 0) is 0 Å². The molecule has 0 spiro atoms. The van der Waals surface area contributed by atoms with Crippen molar-refractivity contribution in [3.8, 4) is 0 Å². The lowest BCUT2D eigenvalue weighted by Crippen LogP contribution is -2.34. The van der Waals surface area contributed by atoms with E-state index in [1.54, 1.807) is 18.2 Å². The number of ketones is 2. The molecule has 0 saturated heterocycles. The molecule has 3 heteroatoms. The fourth-order valence-electron chi connectivity index (χ4n) is 2.13. The van der Waals surface area contributed by atoms with Gasteiger partial charge in [0.1, 0.15) is 0 Å². The molecule has 0 fully saturated rings. The van der Waals surface area contributed by atoms with Crippen LogP contribution in [0.4, 0.5) is 0 Å². The lowest BCUT2D eigenvalue weighted by molar-refractivity contribution is 0.0803. The van der Waals surface area contributed by atoms with Gasteiger partial charge in [-0.15, -0.1) is 13.2 Å². The first-order valence-electron chi connectivity index (χ1n) is 5.23. The van der Waals surface area contributed by atoms with E-state index in [2.05, 4.69) is 29.1 Å². The molecule has 2 unspecified atom stereocenters. The Morgan fingerprint density at radius 3 is 2.06 bits per heavy atom. The summed E-state index contributed by atoms with van der Waals surface area (Å²) in [6.07, 6.45) is 3.05. The Balaban J connectivity index is 2.65. The quantitative estimate of drug-likeness (QED) is 0.782. The Bertz CT molecular complexity index is 531. The summed E-state index contributed by atoms with van der Waals surface area (Å²) >= 11 is 3.30. The van der Waals surface area contributed by atoms with E-state index in [0.717, 1.165) is 4.47 Å². The summed E-state index contributed by atoms with van der Waals surface area (Å²) in [6.45, 7) is 7.26. The molecule has 2 rings (SSSR count). The fourth-order valence-corrected chi connectivity index (χ4v) is 2.49. The third-order valence-electron chi connectivity index (χ3n) is 3.01. The molecule has 1 aliphatic rings. The number of Topliss-reactive ketones (excluding diaryl/α,β-unsaturated/α-hetero) is 2. The standard InChI is InChI=1S/C14H11BrO2/c1-3-9-10(4-2)14(17)12-7-8(15)5-6-11(12)13(9)16/h3-7,9-10H,1-2H2. The molecule has 0 bridgehead atoms. The normalized spacial score (nSPS) is 23.1. The second-order valence-corrected chi connectivity index (χ2v) is 4.86. The van der Waals surface area contributed by atoms with Gasteiger partial charge >= 0.3 is 0 Å². The number of rotatable bonds is 2. The van der Waals surface area contributed by atoms with Gasteiger partial charge in [-0.2, -0.15) is 0 Å². The van der Waals surface area contributed by atoms with Gasteiger partial charge in [0.25, 0.3) is 0 Å². The van der Waals surface area contributed by atoms with Gasteiger partial charge in [-0.05, 0) is 18.2 Å². The van der Waals surface area contributed by atoms with Gasteiger partial charge < -0.3 is 0 Å². The van der Waals surface area contributed by atoms with E-state index in [0.29, 0.717) is 11.1 Å². The number of carbonyl (C=O) groups is 2. The average Bonchev–Trinajstić information content (AvgIpc) is 2.33. The van der Waals surface area contributed by atoms with Crippen LogP contribution in [0.5, 0.6) is 0 Å². The Morgan fingerprint density at radius 1 is 1.00 bits per heavy atom. The van der Waals surface area contributed by atoms with Gasteiger partial charge in [0.15, 0.2) is 11.6 Å². The maximum atomic E-state index is 12.2. The molecule has 1 aromatic rings. The van der Waals surface area contributed by atoms with Crippen molar-refractivity contribution < 1.29 is 9.59 Å². The van der Waals surface area contributed by atoms with Crippen molar-refractivity contribution >= 4 is 27.5 Å². The van der Waals surface area contributed by atoms with Gasteiger partial charge in [-0.1, -0.05) is 28.1 Å². The van der Waals surface area contributed by atoms with Crippen LogP contribution in [-0.4, -0.2) is 11.6 Å². The monoisotopic (exact) mass is 290 g/mol. The van der Waals surface area contributed by atoms with Crippen molar-refractivity contribution in [2.45, 2.75) is 0 Å². The maximum absolute atomic E-state index is 12.2. The summed E-state index contributed by atoms with van der Waals surface area (Å²) in [7, 11) is 0. The molecule has 0 saturated carbocycles. The highest BCUT2D eigenvalue weighted by Gasteiger charge is 2.37. The van der Waals surface area contributed by atoms with E-state index in [9.17, 15) is 9.59 Å². The third-order valence-corrected chi connectivity index (χ3v) is 3.51. The van der Waals surface area contributed by atoms with Gasteiger partial charge in [0.2, 0.25) is 0 Å². The van der Waals surface area contributed by atoms with E-state index in [4.69, 9.17) is 0 Å². The predicted octanol–water partition coefficient (Wildman–Crippen LogP) is 3.43. The average molecular weight is 291 g/mol. The molecular formula is C14H11BrO2. The molecule has 1 aliphatic carbocycles. The highest BCUT2D eigenvalue weighted by atomic mass is 79.9. The summed E-state index contributed by atoms with van der Waals surface area (Å²) < 4.78 is 0.789. The number of benzene rings is 1. The second-order valence-electron chi connectivity index (χ2n) is 3.94. The Hall–Kier alpha value is -1.48. The smallest absolute Gasteiger partial charge is 0.171 e. The molecule has 2 nitrogen and oxygen atoms in total. The lowest BCUT2D eigenvalue weighted by Gasteiger charge is -2.26. The van der Waals surface area contributed by atoms with Crippen molar-refractivity contribution in [1.82, 2.24) is 0 Å². The minimum atomic E-state index is -0.498. The van der Waals surface area contributed by atoms with Crippen molar-refractivity contribution in [3.05, 3.63) is 59.1 Å². The Kier molecular flexibility index (Phi) is 3.11. The van der Waals surface area contributed by atoms with E-state index >= 15 is 0 Å². The van der Waals surface area contributed by atoms with Crippen molar-refractivity contribution in [2.75, 3.05) is 0 Å². The predicted molar refractivity (Wildman–Crippen MR) is 70.2 cm³/mol. The second kappa shape index (κ2) is 4.41. The maximum Gasteiger partial charge on any atom is 0.171 e. The first-order valence-corrected chi connectivity index (χ1v) is 6.02. The Morgan fingerprint density at radius 2 is 1.53 bits per heavy atom. The summed E-state index contributed by atoms with van der Waals surface area (Å²) in [6, 6.07) is 5.12. The van der Waals surface area contributed by atoms with Crippen LogP contribution in [0, 0.1) is 11.8 Å². The molecule has 86 valence electrons. The molecule has 1 aromatic carbocycles. The van der Waals surface area contributed by atoms with Crippen molar-refractivity contribution in [2.24, 2.45) is 11.8 Å². The largest absolute Gasteiger partial charge is 0.293 e. The van der Waals surface area contributed by atoms with Gasteiger partial charge in [0.05, 0.1) is 11.8 Å². The van der Waals surface area contributed by atoms with E-state index < -0.39 is 11.8 Å². The molecule has 2 atom stereocenters. The number of hydrogen-bond donors (Lipinski definition) is 0. The number of halogens is 1. The van der Waals surface area contributed by atoms with Gasteiger partial charge in [0, 0.05) is 15.6 Å². The van der Waals surface area contributed by atoms with E-state index in [-0.39, 0.29) is 11.6 Å². The SMILES string of the molecule is C=CC1C(=O)c2ccc(Br)cc2C(=O)C1C=C. The van der Waals surface area contributed by atoms with Gasteiger partial charge in [-0.3, -0.25) is 9.59 Å². The van der Waals surface area contributed by atoms with E-state index in [1.165, 1.54) is 12.2 Å². The third kappa shape index (κ3) is 1.80. The number of hydrogen-bond acceptors (Lipinski definition) is 2.